The van der Waals surface area contributed by atoms with Gasteiger partial charge in [0.1, 0.15) is 11.4 Å². The molecule has 1 aliphatic rings. The number of aryl methyl sites for hydroxylation is 1. The summed E-state index contributed by atoms with van der Waals surface area (Å²) in [6.45, 7) is 6.21. The molecule has 0 bridgehead atoms. The highest BCUT2D eigenvalue weighted by atomic mass is 16.5. The summed E-state index contributed by atoms with van der Waals surface area (Å²) in [4.78, 5) is 21.3. The van der Waals surface area contributed by atoms with E-state index in [9.17, 15) is 4.79 Å². The SMILES string of the molecule is COc1ccccc1N1CCN(C(=O)c2cccc(C)n2)C(C)C1. The van der Waals surface area contributed by atoms with Crippen LogP contribution in [0, 0.1) is 6.92 Å². The highest BCUT2D eigenvalue weighted by molar-refractivity contribution is 5.92. The lowest BCUT2D eigenvalue weighted by molar-refractivity contribution is 0.0667. The molecule has 2 aromatic rings. The summed E-state index contributed by atoms with van der Waals surface area (Å²) in [5, 5.41) is 0. The van der Waals surface area contributed by atoms with Crippen LogP contribution >= 0.6 is 0 Å². The number of amides is 1. The number of aromatic nitrogens is 1. The minimum Gasteiger partial charge on any atom is -0.495 e. The number of piperazine rings is 1. The minimum absolute atomic E-state index is 0.00544. The van der Waals surface area contributed by atoms with Crippen LogP contribution in [0.5, 0.6) is 5.75 Å². The number of anilines is 1. The number of methoxy groups -OCH3 is 1. The van der Waals surface area contributed by atoms with Crippen LogP contribution in [0.1, 0.15) is 23.1 Å². The third-order valence-corrected chi connectivity index (χ3v) is 4.42. The molecule has 1 amide bonds. The maximum Gasteiger partial charge on any atom is 0.272 e. The molecule has 5 heteroatoms. The first-order chi connectivity index (χ1) is 11.6. The van der Waals surface area contributed by atoms with Crippen LogP contribution in [0.2, 0.25) is 0 Å². The van der Waals surface area contributed by atoms with Gasteiger partial charge in [0.15, 0.2) is 0 Å². The van der Waals surface area contributed by atoms with Gasteiger partial charge in [0.2, 0.25) is 0 Å². The zero-order valence-corrected chi connectivity index (χ0v) is 14.4. The molecule has 126 valence electrons. The highest BCUT2D eigenvalue weighted by Gasteiger charge is 2.29. The summed E-state index contributed by atoms with van der Waals surface area (Å²) < 4.78 is 5.46. The number of benzene rings is 1. The number of rotatable bonds is 3. The lowest BCUT2D eigenvalue weighted by Gasteiger charge is -2.41. The molecular formula is C19H23N3O2. The molecule has 1 aromatic heterocycles. The quantitative estimate of drug-likeness (QED) is 0.870. The largest absolute Gasteiger partial charge is 0.495 e. The highest BCUT2D eigenvalue weighted by Crippen LogP contribution is 2.29. The van der Waals surface area contributed by atoms with Crippen molar-refractivity contribution in [3.8, 4) is 5.75 Å². The third-order valence-electron chi connectivity index (χ3n) is 4.42. The van der Waals surface area contributed by atoms with E-state index in [4.69, 9.17) is 4.74 Å². The van der Waals surface area contributed by atoms with Crippen molar-refractivity contribution in [3.63, 3.8) is 0 Å². The molecule has 1 atom stereocenters. The van der Waals surface area contributed by atoms with Crippen molar-refractivity contribution in [2.45, 2.75) is 19.9 Å². The molecule has 1 aliphatic heterocycles. The molecule has 1 unspecified atom stereocenters. The molecule has 1 saturated heterocycles. The van der Waals surface area contributed by atoms with Gasteiger partial charge in [0, 0.05) is 31.4 Å². The van der Waals surface area contributed by atoms with Crippen molar-refractivity contribution in [1.82, 2.24) is 9.88 Å². The van der Waals surface area contributed by atoms with E-state index in [1.54, 1.807) is 13.2 Å². The van der Waals surface area contributed by atoms with Crippen LogP contribution in [0.4, 0.5) is 5.69 Å². The Morgan fingerprint density at radius 1 is 1.17 bits per heavy atom. The van der Waals surface area contributed by atoms with E-state index in [2.05, 4.69) is 22.9 Å². The van der Waals surface area contributed by atoms with E-state index < -0.39 is 0 Å². The number of nitrogens with zero attached hydrogens (tertiary/aromatic N) is 3. The van der Waals surface area contributed by atoms with E-state index in [0.717, 1.165) is 30.2 Å². The molecule has 2 heterocycles. The molecule has 24 heavy (non-hydrogen) atoms. The van der Waals surface area contributed by atoms with Gasteiger partial charge < -0.3 is 14.5 Å². The van der Waals surface area contributed by atoms with Crippen LogP contribution in [-0.4, -0.2) is 48.6 Å². The van der Waals surface area contributed by atoms with Crippen molar-refractivity contribution in [1.29, 1.82) is 0 Å². The van der Waals surface area contributed by atoms with Crippen molar-refractivity contribution in [2.24, 2.45) is 0 Å². The van der Waals surface area contributed by atoms with Gasteiger partial charge in [-0.1, -0.05) is 18.2 Å². The maximum atomic E-state index is 12.7. The van der Waals surface area contributed by atoms with Crippen LogP contribution in [-0.2, 0) is 0 Å². The second kappa shape index (κ2) is 6.91. The average molecular weight is 325 g/mol. The van der Waals surface area contributed by atoms with Gasteiger partial charge in [-0.3, -0.25) is 4.79 Å². The Labute approximate surface area is 142 Å². The van der Waals surface area contributed by atoms with Gasteiger partial charge in [0.25, 0.3) is 5.91 Å². The van der Waals surface area contributed by atoms with Crippen molar-refractivity contribution < 1.29 is 9.53 Å². The predicted molar refractivity (Wildman–Crippen MR) is 94.7 cm³/mol. The van der Waals surface area contributed by atoms with Crippen LogP contribution < -0.4 is 9.64 Å². The minimum atomic E-state index is 0.00544. The Morgan fingerprint density at radius 2 is 1.96 bits per heavy atom. The van der Waals surface area contributed by atoms with E-state index in [0.29, 0.717) is 12.2 Å². The van der Waals surface area contributed by atoms with E-state index >= 15 is 0 Å². The summed E-state index contributed by atoms with van der Waals surface area (Å²) in [5.74, 6) is 0.871. The maximum absolute atomic E-state index is 12.7. The monoisotopic (exact) mass is 325 g/mol. The first-order valence-electron chi connectivity index (χ1n) is 8.22. The standard InChI is InChI=1S/C19H23N3O2/c1-14-7-6-8-16(20-14)19(23)22-12-11-21(13-15(22)2)17-9-4-5-10-18(17)24-3/h4-10,15H,11-13H2,1-3H3. The zero-order valence-electron chi connectivity index (χ0n) is 14.4. The Morgan fingerprint density at radius 3 is 2.67 bits per heavy atom. The fraction of sp³-hybridized carbons (Fsp3) is 0.368. The predicted octanol–water partition coefficient (Wildman–Crippen LogP) is 2.75. The molecule has 1 fully saturated rings. The van der Waals surface area contributed by atoms with Gasteiger partial charge in [-0.15, -0.1) is 0 Å². The van der Waals surface area contributed by atoms with Gasteiger partial charge in [-0.2, -0.15) is 0 Å². The summed E-state index contributed by atoms with van der Waals surface area (Å²) in [5.41, 5.74) is 2.46. The van der Waals surface area contributed by atoms with Gasteiger partial charge in [-0.25, -0.2) is 4.98 Å². The Balaban J connectivity index is 1.75. The smallest absolute Gasteiger partial charge is 0.272 e. The lowest BCUT2D eigenvalue weighted by Crippen LogP contribution is -2.54. The lowest BCUT2D eigenvalue weighted by atomic mass is 10.1. The van der Waals surface area contributed by atoms with Crippen LogP contribution in [0.25, 0.3) is 0 Å². The van der Waals surface area contributed by atoms with Crippen molar-refractivity contribution in [3.05, 3.63) is 53.9 Å². The molecule has 5 nitrogen and oxygen atoms in total. The van der Waals surface area contributed by atoms with Gasteiger partial charge >= 0.3 is 0 Å². The fourth-order valence-corrected chi connectivity index (χ4v) is 3.18. The molecule has 1 aromatic carbocycles. The zero-order chi connectivity index (χ0) is 17.1. The molecule has 0 aliphatic carbocycles. The molecule has 0 radical (unpaired) electrons. The summed E-state index contributed by atoms with van der Waals surface area (Å²) in [6, 6.07) is 13.7. The Kier molecular flexibility index (Phi) is 4.69. The van der Waals surface area contributed by atoms with E-state index in [-0.39, 0.29) is 11.9 Å². The molecule has 0 saturated carbocycles. The normalized spacial score (nSPS) is 17.7. The van der Waals surface area contributed by atoms with Crippen LogP contribution in [0.3, 0.4) is 0 Å². The van der Waals surface area contributed by atoms with E-state index in [1.165, 1.54) is 0 Å². The number of ether oxygens (including phenoxy) is 1. The first kappa shape index (κ1) is 16.3. The first-order valence-corrected chi connectivity index (χ1v) is 8.22. The molecular weight excluding hydrogens is 302 g/mol. The molecule has 0 spiro atoms. The van der Waals surface area contributed by atoms with Gasteiger partial charge in [0.05, 0.1) is 12.8 Å². The second-order valence-corrected chi connectivity index (χ2v) is 6.13. The van der Waals surface area contributed by atoms with Crippen LogP contribution in [0.15, 0.2) is 42.5 Å². The number of hydrogen-bond acceptors (Lipinski definition) is 4. The number of hydrogen-bond donors (Lipinski definition) is 0. The Bertz CT molecular complexity index is 732. The van der Waals surface area contributed by atoms with Crippen molar-refractivity contribution >= 4 is 11.6 Å². The number of para-hydroxylation sites is 2. The Hall–Kier alpha value is -2.56. The number of carbonyl (C=O) groups is 1. The average Bonchev–Trinajstić information content (AvgIpc) is 2.61. The number of pyridine rings is 1. The summed E-state index contributed by atoms with van der Waals surface area (Å²) >= 11 is 0. The third kappa shape index (κ3) is 3.20. The molecule has 3 rings (SSSR count). The fourth-order valence-electron chi connectivity index (χ4n) is 3.18. The van der Waals surface area contributed by atoms with Crippen molar-refractivity contribution in [2.75, 3.05) is 31.6 Å². The second-order valence-electron chi connectivity index (χ2n) is 6.13. The summed E-state index contributed by atoms with van der Waals surface area (Å²) in [7, 11) is 1.69. The van der Waals surface area contributed by atoms with Gasteiger partial charge in [-0.05, 0) is 38.1 Å². The molecule has 0 N–H and O–H groups in total. The number of carbonyl (C=O) groups excluding carboxylic acids is 1. The summed E-state index contributed by atoms with van der Waals surface area (Å²) in [6.07, 6.45) is 0. The topological polar surface area (TPSA) is 45.7 Å². The van der Waals surface area contributed by atoms with E-state index in [1.807, 2.05) is 42.2 Å².